The van der Waals surface area contributed by atoms with Crippen molar-refractivity contribution >= 4 is 5.69 Å². The summed E-state index contributed by atoms with van der Waals surface area (Å²) >= 11 is 0. The van der Waals surface area contributed by atoms with E-state index in [2.05, 4.69) is 0 Å². The van der Waals surface area contributed by atoms with Crippen LogP contribution in [0.1, 0.15) is 29.2 Å². The van der Waals surface area contributed by atoms with Crippen LogP contribution in [-0.2, 0) is 17.8 Å². The van der Waals surface area contributed by atoms with Crippen molar-refractivity contribution in [1.82, 2.24) is 0 Å². The number of hydrogen-bond acceptors (Lipinski definition) is 4. The van der Waals surface area contributed by atoms with Crippen LogP contribution in [0.5, 0.6) is 5.75 Å². The van der Waals surface area contributed by atoms with Gasteiger partial charge in [-0.1, -0.05) is 36.4 Å². The predicted octanol–water partition coefficient (Wildman–Crippen LogP) is 3.56. The van der Waals surface area contributed by atoms with Gasteiger partial charge in [-0.25, -0.2) is 0 Å². The summed E-state index contributed by atoms with van der Waals surface area (Å²) in [5.41, 5.74) is 2.81. The molecule has 1 heterocycles. The fraction of sp³-hybridized carbons (Fsp3) is 0.294. The number of rotatable bonds is 4. The van der Waals surface area contributed by atoms with E-state index in [4.69, 9.17) is 9.47 Å². The fourth-order valence-electron chi connectivity index (χ4n) is 3.13. The first kappa shape index (κ1) is 13.3. The standard InChI is InChI=1S/C17H15NO4/c19-18(20)16-12-6-9-15-17(22-15)13(12)7-8-14(16)21-10-11-4-2-1-3-5-11/h1-5,7-8,15,17H,6,9-10H2/t15-,17+/m1/s1. The molecule has 0 saturated carbocycles. The summed E-state index contributed by atoms with van der Waals surface area (Å²) in [5.74, 6) is 0.340. The van der Waals surface area contributed by atoms with Gasteiger partial charge < -0.3 is 9.47 Å². The largest absolute Gasteiger partial charge is 0.482 e. The molecule has 2 aliphatic rings. The number of epoxide rings is 1. The lowest BCUT2D eigenvalue weighted by atomic mass is 9.90. The second kappa shape index (κ2) is 5.10. The Balaban J connectivity index is 1.66. The molecule has 0 spiro atoms. The first-order valence-corrected chi connectivity index (χ1v) is 7.36. The smallest absolute Gasteiger partial charge is 0.314 e. The highest BCUT2D eigenvalue weighted by Crippen LogP contribution is 2.50. The summed E-state index contributed by atoms with van der Waals surface area (Å²) in [6.07, 6.45) is 1.82. The average molecular weight is 297 g/mol. The lowest BCUT2D eigenvalue weighted by Crippen LogP contribution is -2.09. The summed E-state index contributed by atoms with van der Waals surface area (Å²) in [5, 5.41) is 11.5. The van der Waals surface area contributed by atoms with Gasteiger partial charge in [0.05, 0.1) is 11.0 Å². The zero-order valence-electron chi connectivity index (χ0n) is 11.9. The molecule has 4 rings (SSSR count). The Labute approximate surface area is 127 Å². The third-order valence-electron chi connectivity index (χ3n) is 4.27. The van der Waals surface area contributed by atoms with E-state index in [1.54, 1.807) is 6.07 Å². The maximum atomic E-state index is 11.5. The van der Waals surface area contributed by atoms with Crippen LogP contribution in [0.15, 0.2) is 42.5 Å². The van der Waals surface area contributed by atoms with Crippen molar-refractivity contribution in [3.8, 4) is 5.75 Å². The van der Waals surface area contributed by atoms with Crippen LogP contribution in [0.4, 0.5) is 5.69 Å². The average Bonchev–Trinajstić information content (AvgIpc) is 3.32. The normalized spacial score (nSPS) is 21.6. The molecule has 5 heteroatoms. The monoisotopic (exact) mass is 297 g/mol. The Morgan fingerprint density at radius 2 is 2.05 bits per heavy atom. The third-order valence-corrected chi connectivity index (χ3v) is 4.27. The van der Waals surface area contributed by atoms with Crippen molar-refractivity contribution in [2.24, 2.45) is 0 Å². The minimum atomic E-state index is -0.331. The van der Waals surface area contributed by atoms with E-state index in [1.807, 2.05) is 36.4 Å². The first-order valence-electron chi connectivity index (χ1n) is 7.36. The summed E-state index contributed by atoms with van der Waals surface area (Å²) < 4.78 is 11.3. The maximum Gasteiger partial charge on any atom is 0.314 e. The number of hydrogen-bond donors (Lipinski definition) is 0. The zero-order valence-corrected chi connectivity index (χ0v) is 11.9. The van der Waals surface area contributed by atoms with Crippen molar-refractivity contribution in [2.75, 3.05) is 0 Å². The SMILES string of the molecule is O=[N+]([O-])c1c(OCc2ccccc2)ccc2c1CC[C@H]1O[C@@H]21. The van der Waals surface area contributed by atoms with E-state index in [9.17, 15) is 10.1 Å². The molecular formula is C17H15NO4. The van der Waals surface area contributed by atoms with Crippen LogP contribution >= 0.6 is 0 Å². The fourth-order valence-corrected chi connectivity index (χ4v) is 3.13. The van der Waals surface area contributed by atoms with Crippen LogP contribution in [0, 0.1) is 10.1 Å². The quantitative estimate of drug-likeness (QED) is 0.491. The highest BCUT2D eigenvalue weighted by atomic mass is 16.6. The molecule has 0 bridgehead atoms. The van der Waals surface area contributed by atoms with Gasteiger partial charge in [-0.3, -0.25) is 10.1 Å². The molecule has 2 aromatic carbocycles. The van der Waals surface area contributed by atoms with Gasteiger partial charge in [0.15, 0.2) is 5.75 Å². The van der Waals surface area contributed by atoms with Crippen molar-refractivity contribution < 1.29 is 14.4 Å². The Morgan fingerprint density at radius 1 is 1.23 bits per heavy atom. The summed E-state index contributed by atoms with van der Waals surface area (Å²) in [6, 6.07) is 13.3. The Hall–Kier alpha value is -2.40. The van der Waals surface area contributed by atoms with Crippen LogP contribution in [0.2, 0.25) is 0 Å². The van der Waals surface area contributed by atoms with Crippen molar-refractivity contribution in [3.05, 3.63) is 69.3 Å². The van der Waals surface area contributed by atoms with E-state index in [-0.39, 0.29) is 22.8 Å². The topological polar surface area (TPSA) is 64.9 Å². The number of ether oxygens (including phenoxy) is 2. The van der Waals surface area contributed by atoms with Gasteiger partial charge >= 0.3 is 5.69 Å². The Bertz CT molecular complexity index is 729. The molecule has 0 radical (unpaired) electrons. The van der Waals surface area contributed by atoms with Gasteiger partial charge in [-0.2, -0.15) is 0 Å². The van der Waals surface area contributed by atoms with Gasteiger partial charge in [0.25, 0.3) is 0 Å². The van der Waals surface area contributed by atoms with Crippen LogP contribution in [0.25, 0.3) is 0 Å². The van der Waals surface area contributed by atoms with E-state index in [1.165, 1.54) is 0 Å². The Morgan fingerprint density at radius 3 is 2.82 bits per heavy atom. The molecule has 0 N–H and O–H groups in total. The molecule has 1 aliphatic carbocycles. The molecule has 0 amide bonds. The molecular weight excluding hydrogens is 282 g/mol. The molecule has 22 heavy (non-hydrogen) atoms. The van der Waals surface area contributed by atoms with E-state index >= 15 is 0 Å². The van der Waals surface area contributed by atoms with Crippen molar-refractivity contribution in [2.45, 2.75) is 31.7 Å². The number of benzene rings is 2. The molecule has 1 aliphatic heterocycles. The van der Waals surface area contributed by atoms with Crippen molar-refractivity contribution in [1.29, 1.82) is 0 Å². The zero-order chi connectivity index (χ0) is 15.1. The van der Waals surface area contributed by atoms with Gasteiger partial charge in [0.1, 0.15) is 12.7 Å². The minimum Gasteiger partial charge on any atom is -0.482 e. The molecule has 2 atom stereocenters. The molecule has 1 fully saturated rings. The molecule has 2 aromatic rings. The summed E-state index contributed by atoms with van der Waals surface area (Å²) in [6.45, 7) is 0.322. The van der Waals surface area contributed by atoms with Crippen LogP contribution in [-0.4, -0.2) is 11.0 Å². The summed E-state index contributed by atoms with van der Waals surface area (Å²) in [4.78, 5) is 11.2. The number of fused-ring (bicyclic) bond motifs is 3. The number of nitrogens with zero attached hydrogens (tertiary/aromatic N) is 1. The number of nitro benzene ring substituents is 1. The van der Waals surface area contributed by atoms with Gasteiger partial charge in [0.2, 0.25) is 0 Å². The lowest BCUT2D eigenvalue weighted by Gasteiger charge is -2.15. The Kier molecular flexibility index (Phi) is 3.08. The van der Waals surface area contributed by atoms with Crippen molar-refractivity contribution in [3.63, 3.8) is 0 Å². The highest BCUT2D eigenvalue weighted by Gasteiger charge is 2.46. The predicted molar refractivity (Wildman–Crippen MR) is 79.8 cm³/mol. The number of nitro groups is 1. The molecule has 1 saturated heterocycles. The molecule has 0 aromatic heterocycles. The highest BCUT2D eigenvalue weighted by molar-refractivity contribution is 5.58. The third kappa shape index (κ3) is 2.23. The lowest BCUT2D eigenvalue weighted by molar-refractivity contribution is -0.386. The van der Waals surface area contributed by atoms with E-state index in [0.29, 0.717) is 18.8 Å². The van der Waals surface area contributed by atoms with Crippen LogP contribution in [0.3, 0.4) is 0 Å². The molecule has 0 unspecified atom stereocenters. The maximum absolute atomic E-state index is 11.5. The summed E-state index contributed by atoms with van der Waals surface area (Å²) in [7, 11) is 0. The van der Waals surface area contributed by atoms with E-state index in [0.717, 1.165) is 23.1 Å². The van der Waals surface area contributed by atoms with E-state index < -0.39 is 0 Å². The molecule has 5 nitrogen and oxygen atoms in total. The second-order valence-corrected chi connectivity index (χ2v) is 5.65. The van der Waals surface area contributed by atoms with Crippen LogP contribution < -0.4 is 4.74 Å². The van der Waals surface area contributed by atoms with Gasteiger partial charge in [-0.15, -0.1) is 0 Å². The minimum absolute atomic E-state index is 0.0469. The van der Waals surface area contributed by atoms with Gasteiger partial charge in [0, 0.05) is 5.56 Å². The van der Waals surface area contributed by atoms with Gasteiger partial charge in [-0.05, 0) is 30.0 Å². The molecule has 112 valence electrons. The first-order chi connectivity index (χ1) is 10.7. The second-order valence-electron chi connectivity index (χ2n) is 5.65.